The molecule has 1 atom stereocenters. The molecule has 1 aliphatic heterocycles. The molecule has 1 fully saturated rings. The maximum atomic E-state index is 12.3. The summed E-state index contributed by atoms with van der Waals surface area (Å²) in [6, 6.07) is 3.60. The highest BCUT2D eigenvalue weighted by Crippen LogP contribution is 2.26. The van der Waals surface area contributed by atoms with Gasteiger partial charge in [-0.3, -0.25) is 14.5 Å². The molecule has 7 heteroatoms. The minimum Gasteiger partial charge on any atom is -0.381 e. The second kappa shape index (κ2) is 6.58. The van der Waals surface area contributed by atoms with Gasteiger partial charge in [-0.1, -0.05) is 0 Å². The van der Waals surface area contributed by atoms with E-state index in [1.807, 2.05) is 13.1 Å². The summed E-state index contributed by atoms with van der Waals surface area (Å²) < 4.78 is 7.86. The third-order valence-electron chi connectivity index (χ3n) is 3.74. The first-order valence-electron chi connectivity index (χ1n) is 7.17. The molecule has 0 saturated carbocycles. The van der Waals surface area contributed by atoms with Gasteiger partial charge in [0, 0.05) is 42.5 Å². The molecule has 1 aliphatic rings. The molecule has 0 radical (unpaired) electrons. The zero-order valence-corrected chi connectivity index (χ0v) is 13.8. The number of carbonyl (C=O) groups excluding carboxylic acids is 1. The van der Waals surface area contributed by atoms with Crippen LogP contribution in [-0.2, 0) is 11.8 Å². The van der Waals surface area contributed by atoms with Gasteiger partial charge in [-0.15, -0.1) is 0 Å². The molecule has 2 aromatic rings. The number of anilines is 1. The minimum absolute atomic E-state index is 0.191. The fourth-order valence-corrected chi connectivity index (χ4v) is 2.95. The summed E-state index contributed by atoms with van der Waals surface area (Å²) in [6.45, 7) is 1.52. The Morgan fingerprint density at radius 1 is 1.55 bits per heavy atom. The predicted molar refractivity (Wildman–Crippen MR) is 85.9 cm³/mol. The van der Waals surface area contributed by atoms with E-state index in [4.69, 9.17) is 4.74 Å². The van der Waals surface area contributed by atoms with Crippen molar-refractivity contribution in [1.29, 1.82) is 0 Å². The number of amides is 1. The lowest BCUT2D eigenvalue weighted by molar-refractivity contribution is 0.0791. The van der Waals surface area contributed by atoms with Crippen LogP contribution < -0.4 is 5.32 Å². The largest absolute Gasteiger partial charge is 0.381 e. The average molecular weight is 365 g/mol. The SMILES string of the molecule is Cn1nc(C2CCCOC2)cc1NC(=O)c1ccncc1Br. The van der Waals surface area contributed by atoms with Crippen molar-refractivity contribution in [3.05, 3.63) is 40.3 Å². The fraction of sp³-hybridized carbons (Fsp3) is 0.400. The van der Waals surface area contributed by atoms with E-state index in [0.717, 1.165) is 25.1 Å². The number of nitrogens with zero attached hydrogens (tertiary/aromatic N) is 3. The Labute approximate surface area is 137 Å². The van der Waals surface area contributed by atoms with Crippen LogP contribution in [0.15, 0.2) is 29.0 Å². The molecule has 1 amide bonds. The highest BCUT2D eigenvalue weighted by molar-refractivity contribution is 9.10. The lowest BCUT2D eigenvalue weighted by Gasteiger charge is -2.19. The number of hydrogen-bond donors (Lipinski definition) is 1. The van der Waals surface area contributed by atoms with Gasteiger partial charge in [-0.05, 0) is 34.8 Å². The second-order valence-corrected chi connectivity index (χ2v) is 6.16. The van der Waals surface area contributed by atoms with Crippen molar-refractivity contribution in [1.82, 2.24) is 14.8 Å². The maximum Gasteiger partial charge on any atom is 0.258 e. The predicted octanol–water partition coefficient (Wildman–Crippen LogP) is 2.72. The van der Waals surface area contributed by atoms with Gasteiger partial charge < -0.3 is 10.1 Å². The average Bonchev–Trinajstić information content (AvgIpc) is 2.89. The quantitative estimate of drug-likeness (QED) is 0.908. The van der Waals surface area contributed by atoms with Crippen molar-refractivity contribution in [2.75, 3.05) is 18.5 Å². The number of aryl methyl sites for hydroxylation is 1. The Balaban J connectivity index is 1.76. The van der Waals surface area contributed by atoms with E-state index >= 15 is 0 Å². The Bertz CT molecular complexity index is 680. The van der Waals surface area contributed by atoms with Gasteiger partial charge in [0.25, 0.3) is 5.91 Å². The molecule has 0 bridgehead atoms. The zero-order valence-electron chi connectivity index (χ0n) is 12.3. The van der Waals surface area contributed by atoms with Crippen LogP contribution in [0.4, 0.5) is 5.82 Å². The molecule has 0 spiro atoms. The van der Waals surface area contributed by atoms with Crippen LogP contribution in [-0.4, -0.2) is 33.9 Å². The summed E-state index contributed by atoms with van der Waals surface area (Å²) in [4.78, 5) is 16.3. The topological polar surface area (TPSA) is 69.0 Å². The van der Waals surface area contributed by atoms with Crippen LogP contribution >= 0.6 is 15.9 Å². The molecule has 6 nitrogen and oxygen atoms in total. The number of halogens is 1. The summed E-state index contributed by atoms with van der Waals surface area (Å²) in [7, 11) is 1.82. The molecule has 3 rings (SSSR count). The van der Waals surface area contributed by atoms with Crippen LogP contribution in [0.3, 0.4) is 0 Å². The van der Waals surface area contributed by atoms with Crippen LogP contribution in [0.2, 0.25) is 0 Å². The van der Waals surface area contributed by atoms with Gasteiger partial charge in [0.15, 0.2) is 0 Å². The molecule has 0 aliphatic carbocycles. The molecule has 1 saturated heterocycles. The van der Waals surface area contributed by atoms with Crippen molar-refractivity contribution in [3.63, 3.8) is 0 Å². The number of hydrogen-bond acceptors (Lipinski definition) is 4. The van der Waals surface area contributed by atoms with E-state index in [1.165, 1.54) is 0 Å². The highest BCUT2D eigenvalue weighted by atomic mass is 79.9. The number of nitrogens with one attached hydrogen (secondary N) is 1. The van der Waals surface area contributed by atoms with E-state index in [1.54, 1.807) is 23.1 Å². The number of pyridine rings is 1. The molecular weight excluding hydrogens is 348 g/mol. The maximum absolute atomic E-state index is 12.3. The molecule has 2 aromatic heterocycles. The van der Waals surface area contributed by atoms with Crippen molar-refractivity contribution in [2.45, 2.75) is 18.8 Å². The molecule has 116 valence electrons. The van der Waals surface area contributed by atoms with Crippen LogP contribution in [0.1, 0.15) is 34.8 Å². The summed E-state index contributed by atoms with van der Waals surface area (Å²) >= 11 is 3.33. The number of rotatable bonds is 3. The Morgan fingerprint density at radius 3 is 3.14 bits per heavy atom. The van der Waals surface area contributed by atoms with E-state index in [0.29, 0.717) is 28.4 Å². The van der Waals surface area contributed by atoms with Crippen LogP contribution in [0.25, 0.3) is 0 Å². The van der Waals surface area contributed by atoms with Gasteiger partial charge >= 0.3 is 0 Å². The van der Waals surface area contributed by atoms with E-state index < -0.39 is 0 Å². The smallest absolute Gasteiger partial charge is 0.258 e. The standard InChI is InChI=1S/C15H17BrN4O2/c1-20-14(7-13(19-20)10-3-2-6-22-9-10)18-15(21)11-4-5-17-8-12(11)16/h4-5,7-8,10H,2-3,6,9H2,1H3,(H,18,21). The Morgan fingerprint density at radius 2 is 2.41 bits per heavy atom. The Hall–Kier alpha value is -1.73. The first-order chi connectivity index (χ1) is 10.6. The molecule has 0 aromatic carbocycles. The highest BCUT2D eigenvalue weighted by Gasteiger charge is 2.21. The van der Waals surface area contributed by atoms with Gasteiger partial charge in [-0.25, -0.2) is 0 Å². The van der Waals surface area contributed by atoms with Crippen molar-refractivity contribution < 1.29 is 9.53 Å². The molecule has 3 heterocycles. The van der Waals surface area contributed by atoms with E-state index in [-0.39, 0.29) is 5.91 Å². The van der Waals surface area contributed by atoms with Gasteiger partial charge in [0.2, 0.25) is 0 Å². The van der Waals surface area contributed by atoms with Gasteiger partial charge in [0.1, 0.15) is 5.82 Å². The summed E-state index contributed by atoms with van der Waals surface area (Å²) in [6.07, 6.45) is 5.31. The van der Waals surface area contributed by atoms with Crippen molar-refractivity contribution >= 4 is 27.7 Å². The third-order valence-corrected chi connectivity index (χ3v) is 4.37. The summed E-state index contributed by atoms with van der Waals surface area (Å²) in [5.41, 5.74) is 1.50. The monoisotopic (exact) mass is 364 g/mol. The van der Waals surface area contributed by atoms with Crippen LogP contribution in [0, 0.1) is 0 Å². The number of ether oxygens (including phenoxy) is 1. The van der Waals surface area contributed by atoms with E-state index in [2.05, 4.69) is 31.3 Å². The van der Waals surface area contributed by atoms with Crippen molar-refractivity contribution in [3.8, 4) is 0 Å². The lowest BCUT2D eigenvalue weighted by Crippen LogP contribution is -2.16. The molecule has 1 N–H and O–H groups in total. The second-order valence-electron chi connectivity index (χ2n) is 5.30. The van der Waals surface area contributed by atoms with Crippen LogP contribution in [0.5, 0.6) is 0 Å². The zero-order chi connectivity index (χ0) is 15.5. The minimum atomic E-state index is -0.191. The summed E-state index contributed by atoms with van der Waals surface area (Å²) in [5, 5.41) is 7.39. The third kappa shape index (κ3) is 3.20. The van der Waals surface area contributed by atoms with E-state index in [9.17, 15) is 4.79 Å². The number of carbonyl (C=O) groups is 1. The molecule has 22 heavy (non-hydrogen) atoms. The van der Waals surface area contributed by atoms with Gasteiger partial charge in [-0.2, -0.15) is 5.10 Å². The number of aromatic nitrogens is 3. The van der Waals surface area contributed by atoms with Crippen molar-refractivity contribution in [2.24, 2.45) is 7.05 Å². The van der Waals surface area contributed by atoms with Gasteiger partial charge in [0.05, 0.1) is 17.9 Å². The normalized spacial score (nSPS) is 18.2. The fourth-order valence-electron chi connectivity index (χ4n) is 2.52. The Kier molecular flexibility index (Phi) is 4.54. The molecule has 1 unspecified atom stereocenters. The lowest BCUT2D eigenvalue weighted by atomic mass is 9.99. The first kappa shape index (κ1) is 15.2. The molecular formula is C15H17BrN4O2. The first-order valence-corrected chi connectivity index (χ1v) is 7.97. The summed E-state index contributed by atoms with van der Waals surface area (Å²) in [5.74, 6) is 0.788.